The lowest BCUT2D eigenvalue weighted by Crippen LogP contribution is -2.34. The van der Waals surface area contributed by atoms with Crippen LogP contribution in [0.5, 0.6) is 0 Å². The van der Waals surface area contributed by atoms with Crippen molar-refractivity contribution in [3.05, 3.63) is 35.9 Å². The van der Waals surface area contributed by atoms with Crippen LogP contribution in [0, 0.1) is 11.8 Å². The summed E-state index contributed by atoms with van der Waals surface area (Å²) in [4.78, 5) is 14.0. The van der Waals surface area contributed by atoms with Gasteiger partial charge in [-0.15, -0.1) is 0 Å². The van der Waals surface area contributed by atoms with E-state index < -0.39 is 0 Å². The number of hydrogen-bond acceptors (Lipinski definition) is 2. The number of rotatable bonds is 1. The van der Waals surface area contributed by atoms with Crippen LogP contribution >= 0.6 is 0 Å². The number of fused-ring (bicyclic) bond motifs is 3. The lowest BCUT2D eigenvalue weighted by atomic mass is 10.1. The number of hydrogen-bond donors (Lipinski definition) is 0. The highest BCUT2D eigenvalue weighted by Crippen LogP contribution is 2.55. The highest BCUT2D eigenvalue weighted by molar-refractivity contribution is 5.86. The molecule has 2 aliphatic heterocycles. The minimum Gasteiger partial charge on any atom is -0.352 e. The third kappa shape index (κ3) is 0.990. The third-order valence-corrected chi connectivity index (χ3v) is 4.03. The van der Waals surface area contributed by atoms with Gasteiger partial charge in [0.05, 0.1) is 12.6 Å². The summed E-state index contributed by atoms with van der Waals surface area (Å²) < 4.78 is 5.78. The fourth-order valence-electron chi connectivity index (χ4n) is 3.12. The zero-order valence-corrected chi connectivity index (χ0v) is 8.87. The number of nitrogens with zero attached hydrogens (tertiary/aromatic N) is 1. The number of carbonyl (C=O) groups is 1. The molecule has 1 saturated carbocycles. The normalized spacial score (nSPS) is 39.8. The van der Waals surface area contributed by atoms with Crippen LogP contribution in [0.3, 0.4) is 0 Å². The first-order valence-corrected chi connectivity index (χ1v) is 5.85. The van der Waals surface area contributed by atoms with Crippen molar-refractivity contribution in [3.8, 4) is 0 Å². The molecule has 16 heavy (non-hydrogen) atoms. The van der Waals surface area contributed by atoms with E-state index in [0.29, 0.717) is 30.4 Å². The summed E-state index contributed by atoms with van der Waals surface area (Å²) in [7, 11) is 0. The molecular formula is C13H13NO2. The van der Waals surface area contributed by atoms with Gasteiger partial charge in [-0.05, 0) is 12.3 Å². The van der Waals surface area contributed by atoms with Crippen LogP contribution in [0.1, 0.15) is 18.2 Å². The van der Waals surface area contributed by atoms with Crippen LogP contribution in [0.4, 0.5) is 0 Å². The molecule has 1 aromatic rings. The number of benzene rings is 1. The van der Waals surface area contributed by atoms with Gasteiger partial charge in [0.2, 0.25) is 5.91 Å². The molecule has 3 unspecified atom stereocenters. The highest BCUT2D eigenvalue weighted by Gasteiger charge is 2.62. The Balaban J connectivity index is 1.70. The minimum atomic E-state index is -0.133. The van der Waals surface area contributed by atoms with Gasteiger partial charge in [0, 0.05) is 11.5 Å². The summed E-state index contributed by atoms with van der Waals surface area (Å²) in [5.74, 6) is 1.21. The third-order valence-electron chi connectivity index (χ3n) is 4.03. The van der Waals surface area contributed by atoms with Gasteiger partial charge < -0.3 is 9.64 Å². The van der Waals surface area contributed by atoms with E-state index in [9.17, 15) is 4.79 Å². The van der Waals surface area contributed by atoms with Crippen molar-refractivity contribution in [3.63, 3.8) is 0 Å². The molecule has 3 fully saturated rings. The van der Waals surface area contributed by atoms with Gasteiger partial charge in [0.15, 0.2) is 6.23 Å². The molecule has 1 amide bonds. The summed E-state index contributed by atoms with van der Waals surface area (Å²) >= 11 is 0. The molecular weight excluding hydrogens is 202 g/mol. The maximum absolute atomic E-state index is 12.1. The van der Waals surface area contributed by atoms with E-state index in [-0.39, 0.29) is 6.23 Å². The van der Waals surface area contributed by atoms with Crippen LogP contribution < -0.4 is 0 Å². The van der Waals surface area contributed by atoms with Gasteiger partial charge >= 0.3 is 0 Å². The molecule has 0 radical (unpaired) electrons. The average Bonchev–Trinajstić information content (AvgIpc) is 2.92. The van der Waals surface area contributed by atoms with Crippen LogP contribution in [0.25, 0.3) is 0 Å². The minimum absolute atomic E-state index is 0.133. The van der Waals surface area contributed by atoms with Crippen molar-refractivity contribution in [1.82, 2.24) is 4.90 Å². The second-order valence-electron chi connectivity index (χ2n) is 4.92. The van der Waals surface area contributed by atoms with Crippen molar-refractivity contribution < 1.29 is 9.53 Å². The quantitative estimate of drug-likeness (QED) is 0.711. The first-order valence-electron chi connectivity index (χ1n) is 5.85. The molecule has 3 nitrogen and oxygen atoms in total. The van der Waals surface area contributed by atoms with Crippen LogP contribution in [-0.4, -0.2) is 23.5 Å². The molecule has 3 aliphatic rings. The van der Waals surface area contributed by atoms with Gasteiger partial charge in [-0.2, -0.15) is 0 Å². The van der Waals surface area contributed by atoms with E-state index >= 15 is 0 Å². The lowest BCUT2D eigenvalue weighted by Gasteiger charge is -2.24. The molecule has 1 aromatic carbocycles. The Labute approximate surface area is 94.0 Å². The van der Waals surface area contributed by atoms with Gasteiger partial charge in [-0.25, -0.2) is 0 Å². The standard InChI is InChI=1S/C13H13NO2/c15-12-10-6-9(10)11-7-16-13(14(11)12)8-4-2-1-3-5-8/h1-5,9-11,13H,6-7H2/t9?,10?,11-,13?/m0/s1. The van der Waals surface area contributed by atoms with E-state index in [2.05, 4.69) is 0 Å². The Morgan fingerprint density at radius 1 is 1.25 bits per heavy atom. The Morgan fingerprint density at radius 3 is 2.88 bits per heavy atom. The summed E-state index contributed by atoms with van der Waals surface area (Å²) in [6.45, 7) is 0.715. The number of piperidine rings is 1. The summed E-state index contributed by atoms with van der Waals surface area (Å²) in [6.07, 6.45) is 0.955. The fourth-order valence-corrected chi connectivity index (χ4v) is 3.12. The molecule has 0 bridgehead atoms. The second-order valence-corrected chi connectivity index (χ2v) is 4.92. The number of amides is 1. The van der Waals surface area contributed by atoms with Crippen molar-refractivity contribution in [2.75, 3.05) is 6.61 Å². The lowest BCUT2D eigenvalue weighted by molar-refractivity contribution is -0.136. The average molecular weight is 215 g/mol. The molecule has 2 heterocycles. The maximum Gasteiger partial charge on any atom is 0.228 e. The Morgan fingerprint density at radius 2 is 2.06 bits per heavy atom. The maximum atomic E-state index is 12.1. The first-order chi connectivity index (χ1) is 7.86. The SMILES string of the molecule is O=C1C2CC2[C@@H]2COC(c3ccccc3)N12. The number of carbonyl (C=O) groups excluding carboxylic acids is 1. The van der Waals surface area contributed by atoms with Crippen LogP contribution in [-0.2, 0) is 9.53 Å². The molecule has 0 spiro atoms. The Kier molecular flexibility index (Phi) is 1.56. The van der Waals surface area contributed by atoms with E-state index in [0.717, 1.165) is 12.0 Å². The number of ether oxygens (including phenoxy) is 1. The van der Waals surface area contributed by atoms with Gasteiger partial charge in [0.1, 0.15) is 0 Å². The zero-order chi connectivity index (χ0) is 10.7. The second kappa shape index (κ2) is 2.86. The van der Waals surface area contributed by atoms with E-state index in [4.69, 9.17) is 4.74 Å². The highest BCUT2D eigenvalue weighted by atomic mass is 16.5. The molecule has 0 N–H and O–H groups in total. The predicted octanol–water partition coefficient (Wildman–Crippen LogP) is 1.56. The molecule has 1 aliphatic carbocycles. The Hall–Kier alpha value is -1.35. The zero-order valence-electron chi connectivity index (χ0n) is 8.87. The van der Waals surface area contributed by atoms with Crippen molar-refractivity contribution in [2.24, 2.45) is 11.8 Å². The van der Waals surface area contributed by atoms with Gasteiger partial charge in [-0.3, -0.25) is 4.79 Å². The molecule has 0 aromatic heterocycles. The van der Waals surface area contributed by atoms with Crippen LogP contribution in [0.15, 0.2) is 30.3 Å². The Bertz CT molecular complexity index is 445. The van der Waals surface area contributed by atoms with Crippen molar-refractivity contribution in [1.29, 1.82) is 0 Å². The van der Waals surface area contributed by atoms with E-state index in [1.807, 2.05) is 35.2 Å². The predicted molar refractivity (Wildman–Crippen MR) is 57.4 cm³/mol. The first kappa shape index (κ1) is 8.76. The van der Waals surface area contributed by atoms with Crippen molar-refractivity contribution >= 4 is 5.91 Å². The topological polar surface area (TPSA) is 29.5 Å². The van der Waals surface area contributed by atoms with Crippen molar-refractivity contribution in [2.45, 2.75) is 18.7 Å². The van der Waals surface area contributed by atoms with E-state index in [1.54, 1.807) is 0 Å². The molecule has 82 valence electrons. The van der Waals surface area contributed by atoms with Gasteiger partial charge in [-0.1, -0.05) is 30.3 Å². The molecule has 3 heteroatoms. The smallest absolute Gasteiger partial charge is 0.228 e. The monoisotopic (exact) mass is 215 g/mol. The molecule has 4 rings (SSSR count). The van der Waals surface area contributed by atoms with E-state index in [1.165, 1.54) is 0 Å². The van der Waals surface area contributed by atoms with Gasteiger partial charge in [0.25, 0.3) is 0 Å². The molecule has 2 saturated heterocycles. The van der Waals surface area contributed by atoms with Crippen LogP contribution in [0.2, 0.25) is 0 Å². The fraction of sp³-hybridized carbons (Fsp3) is 0.462. The summed E-state index contributed by atoms with van der Waals surface area (Å²) in [5, 5.41) is 0. The largest absolute Gasteiger partial charge is 0.352 e. The summed E-state index contributed by atoms with van der Waals surface area (Å²) in [6, 6.07) is 10.4. The molecule has 4 atom stereocenters. The summed E-state index contributed by atoms with van der Waals surface area (Å²) in [5.41, 5.74) is 1.10.